The maximum absolute atomic E-state index is 6.04. The van der Waals surface area contributed by atoms with Gasteiger partial charge in [-0.1, -0.05) is 34.8 Å². The summed E-state index contributed by atoms with van der Waals surface area (Å²) in [5.74, 6) is 0. The van der Waals surface area contributed by atoms with Gasteiger partial charge in [-0.3, -0.25) is 0 Å². The zero-order valence-corrected chi connectivity index (χ0v) is 10.8. The van der Waals surface area contributed by atoms with Crippen molar-refractivity contribution in [2.75, 3.05) is 0 Å². The summed E-state index contributed by atoms with van der Waals surface area (Å²) in [6, 6.07) is 1.59. The van der Waals surface area contributed by atoms with Crippen molar-refractivity contribution in [3.63, 3.8) is 0 Å². The van der Waals surface area contributed by atoms with E-state index in [1.807, 2.05) is 13.8 Å². The van der Waals surface area contributed by atoms with Gasteiger partial charge in [0.2, 0.25) is 0 Å². The molecule has 0 saturated heterocycles. The zero-order valence-electron chi connectivity index (χ0n) is 8.50. The van der Waals surface area contributed by atoms with E-state index in [1.54, 1.807) is 10.7 Å². The maximum Gasteiger partial charge on any atom is 0.177 e. The molecule has 0 unspecified atom stereocenters. The Morgan fingerprint density at radius 2 is 1.81 bits per heavy atom. The van der Waals surface area contributed by atoms with Gasteiger partial charge in [0.05, 0.1) is 16.4 Å². The molecule has 0 aromatic carbocycles. The second-order valence-corrected chi connectivity index (χ2v) is 4.36. The largest absolute Gasteiger partial charge is 0.233 e. The molecule has 4 nitrogen and oxygen atoms in total. The van der Waals surface area contributed by atoms with Gasteiger partial charge in [-0.25, -0.2) is 4.68 Å². The van der Waals surface area contributed by atoms with Gasteiger partial charge >= 0.3 is 0 Å². The minimum atomic E-state index is 0.228. The molecule has 2 aromatic heterocycles. The van der Waals surface area contributed by atoms with E-state index in [0.29, 0.717) is 10.7 Å². The third-order valence-corrected chi connectivity index (χ3v) is 3.13. The Hall–Kier alpha value is -0.840. The molecule has 0 saturated carbocycles. The second kappa shape index (κ2) is 4.20. The Labute approximate surface area is 107 Å². The fraction of sp³-hybridized carbons (Fsp3) is 0.222. The smallest absolute Gasteiger partial charge is 0.177 e. The standard InChI is InChI=1S/C9H7Cl3N4/c1-4-8(11)5(2)16(15-4)6-3-7(10)13-14-9(6)12/h3H,1-2H3. The van der Waals surface area contributed by atoms with Crippen LogP contribution >= 0.6 is 34.8 Å². The number of aryl methyl sites for hydroxylation is 1. The van der Waals surface area contributed by atoms with Crippen molar-refractivity contribution >= 4 is 34.8 Å². The molecule has 2 heterocycles. The fourth-order valence-corrected chi connectivity index (χ4v) is 1.78. The highest BCUT2D eigenvalue weighted by Crippen LogP contribution is 2.26. The topological polar surface area (TPSA) is 43.6 Å². The van der Waals surface area contributed by atoms with E-state index in [9.17, 15) is 0 Å². The van der Waals surface area contributed by atoms with Crippen molar-refractivity contribution in [3.8, 4) is 5.69 Å². The monoisotopic (exact) mass is 276 g/mol. The predicted molar refractivity (Wildman–Crippen MR) is 63.7 cm³/mol. The third-order valence-electron chi connectivity index (χ3n) is 2.13. The van der Waals surface area contributed by atoms with Crippen molar-refractivity contribution < 1.29 is 0 Å². The number of aromatic nitrogens is 4. The predicted octanol–water partition coefficient (Wildman–Crippen LogP) is 3.24. The Balaban J connectivity index is 2.67. The second-order valence-electron chi connectivity index (χ2n) is 3.24. The molecule has 0 fully saturated rings. The summed E-state index contributed by atoms with van der Waals surface area (Å²) >= 11 is 17.7. The Morgan fingerprint density at radius 3 is 2.38 bits per heavy atom. The lowest BCUT2D eigenvalue weighted by Crippen LogP contribution is -2.02. The van der Waals surface area contributed by atoms with Crippen LogP contribution in [0.15, 0.2) is 6.07 Å². The van der Waals surface area contributed by atoms with E-state index in [0.717, 1.165) is 11.4 Å². The average molecular weight is 278 g/mol. The highest BCUT2D eigenvalue weighted by molar-refractivity contribution is 6.33. The summed E-state index contributed by atoms with van der Waals surface area (Å²) in [4.78, 5) is 0. The molecule has 2 aromatic rings. The van der Waals surface area contributed by atoms with E-state index < -0.39 is 0 Å². The molecule has 84 valence electrons. The lowest BCUT2D eigenvalue weighted by atomic mass is 10.4. The molecular formula is C9H7Cl3N4. The summed E-state index contributed by atoms with van der Waals surface area (Å²) in [5.41, 5.74) is 2.07. The summed E-state index contributed by atoms with van der Waals surface area (Å²) in [6.07, 6.45) is 0. The van der Waals surface area contributed by atoms with Crippen LogP contribution < -0.4 is 0 Å². The Kier molecular flexibility index (Phi) is 3.06. The SMILES string of the molecule is Cc1nn(-c2cc(Cl)nnc2Cl)c(C)c1Cl. The Morgan fingerprint density at radius 1 is 1.12 bits per heavy atom. The van der Waals surface area contributed by atoms with Gasteiger partial charge in [0.1, 0.15) is 5.69 Å². The van der Waals surface area contributed by atoms with E-state index >= 15 is 0 Å². The summed E-state index contributed by atoms with van der Waals surface area (Å²) in [5, 5.41) is 12.7. The van der Waals surface area contributed by atoms with Crippen LogP contribution in [0.2, 0.25) is 15.3 Å². The van der Waals surface area contributed by atoms with Gasteiger partial charge in [0.25, 0.3) is 0 Å². The molecule has 7 heteroatoms. The first kappa shape index (κ1) is 11.6. The molecule has 0 N–H and O–H groups in total. The van der Waals surface area contributed by atoms with Crippen molar-refractivity contribution in [1.29, 1.82) is 0 Å². The van der Waals surface area contributed by atoms with Crippen LogP contribution in [-0.2, 0) is 0 Å². The van der Waals surface area contributed by atoms with Crippen molar-refractivity contribution in [3.05, 3.63) is 32.8 Å². The van der Waals surface area contributed by atoms with Gasteiger partial charge in [0.15, 0.2) is 10.3 Å². The number of hydrogen-bond donors (Lipinski definition) is 0. The molecule has 0 aliphatic carbocycles. The van der Waals surface area contributed by atoms with Crippen molar-refractivity contribution in [2.45, 2.75) is 13.8 Å². The van der Waals surface area contributed by atoms with Crippen LogP contribution in [0.3, 0.4) is 0 Å². The lowest BCUT2D eigenvalue weighted by molar-refractivity contribution is 0.819. The minimum Gasteiger partial charge on any atom is -0.233 e. The number of rotatable bonds is 1. The first-order valence-electron chi connectivity index (χ1n) is 4.41. The molecule has 0 bridgehead atoms. The summed E-state index contributed by atoms with van der Waals surface area (Å²) in [7, 11) is 0. The molecule has 0 radical (unpaired) electrons. The van der Waals surface area contributed by atoms with Gasteiger partial charge in [-0.2, -0.15) is 5.10 Å². The number of nitrogens with zero attached hydrogens (tertiary/aromatic N) is 4. The van der Waals surface area contributed by atoms with Crippen LogP contribution in [0.5, 0.6) is 0 Å². The van der Waals surface area contributed by atoms with E-state index in [4.69, 9.17) is 34.8 Å². The minimum absolute atomic E-state index is 0.228. The van der Waals surface area contributed by atoms with E-state index in [-0.39, 0.29) is 10.3 Å². The van der Waals surface area contributed by atoms with Crippen molar-refractivity contribution in [2.24, 2.45) is 0 Å². The van der Waals surface area contributed by atoms with Crippen LogP contribution in [-0.4, -0.2) is 20.0 Å². The van der Waals surface area contributed by atoms with Crippen LogP contribution in [0.1, 0.15) is 11.4 Å². The normalized spacial score (nSPS) is 10.8. The van der Waals surface area contributed by atoms with E-state index in [1.165, 1.54) is 0 Å². The molecule has 2 rings (SSSR count). The highest BCUT2D eigenvalue weighted by atomic mass is 35.5. The quantitative estimate of drug-likeness (QED) is 0.804. The molecule has 0 aliphatic heterocycles. The summed E-state index contributed by atoms with van der Waals surface area (Å²) < 4.78 is 1.60. The molecule has 0 spiro atoms. The van der Waals surface area contributed by atoms with Crippen LogP contribution in [0.4, 0.5) is 0 Å². The molecular weight excluding hydrogens is 270 g/mol. The molecule has 0 amide bonds. The van der Waals surface area contributed by atoms with Gasteiger partial charge in [-0.05, 0) is 13.8 Å². The number of halogens is 3. The van der Waals surface area contributed by atoms with Crippen molar-refractivity contribution in [1.82, 2.24) is 20.0 Å². The van der Waals surface area contributed by atoms with Crippen LogP contribution in [0.25, 0.3) is 5.69 Å². The zero-order chi connectivity index (χ0) is 11.9. The Bertz CT molecular complexity index is 550. The summed E-state index contributed by atoms with van der Waals surface area (Å²) in [6.45, 7) is 3.66. The maximum atomic E-state index is 6.04. The van der Waals surface area contributed by atoms with E-state index in [2.05, 4.69) is 15.3 Å². The highest BCUT2D eigenvalue weighted by Gasteiger charge is 2.14. The van der Waals surface area contributed by atoms with Crippen LogP contribution in [0, 0.1) is 13.8 Å². The molecule has 0 aliphatic rings. The lowest BCUT2D eigenvalue weighted by Gasteiger charge is -2.05. The fourth-order valence-electron chi connectivity index (χ4n) is 1.35. The third kappa shape index (κ3) is 1.88. The molecule has 0 atom stereocenters. The molecule has 16 heavy (non-hydrogen) atoms. The first-order chi connectivity index (χ1) is 7.50. The van der Waals surface area contributed by atoms with Gasteiger partial charge in [0, 0.05) is 6.07 Å². The average Bonchev–Trinajstić information content (AvgIpc) is 2.50. The first-order valence-corrected chi connectivity index (χ1v) is 5.55. The van der Waals surface area contributed by atoms with Gasteiger partial charge in [-0.15, -0.1) is 10.2 Å². The van der Waals surface area contributed by atoms with Gasteiger partial charge < -0.3 is 0 Å². The number of hydrogen-bond acceptors (Lipinski definition) is 3.